The van der Waals surface area contributed by atoms with E-state index in [1.807, 2.05) is 26.8 Å². The average Bonchev–Trinajstić information content (AvgIpc) is 2.88. The molecule has 4 nitrogen and oxygen atoms in total. The van der Waals surface area contributed by atoms with Gasteiger partial charge in [0.05, 0.1) is 5.75 Å². The van der Waals surface area contributed by atoms with Crippen molar-refractivity contribution in [3.63, 3.8) is 0 Å². The second kappa shape index (κ2) is 5.69. The fourth-order valence-electron chi connectivity index (χ4n) is 2.61. The molecule has 0 saturated heterocycles. The van der Waals surface area contributed by atoms with E-state index in [-0.39, 0.29) is 15.9 Å². The van der Waals surface area contributed by atoms with E-state index >= 15 is 0 Å². The first-order chi connectivity index (χ1) is 9.74. The molecule has 0 aliphatic carbocycles. The number of nitrogens with zero attached hydrogens (tertiary/aromatic N) is 1. The lowest BCUT2D eigenvalue weighted by molar-refractivity contribution is 0.101. The predicted molar refractivity (Wildman–Crippen MR) is 83.7 cm³/mol. The second-order valence-corrected chi connectivity index (χ2v) is 8.16. The monoisotopic (exact) mass is 323 g/mol. The fraction of sp³-hybridized carbons (Fsp3) is 0.333. The molecular weight excluding hydrogens is 306 g/mol. The molecule has 1 aromatic heterocycles. The Morgan fingerprint density at radius 1 is 1.24 bits per heavy atom. The Bertz CT molecular complexity index is 791. The number of carbonyl (C=O) groups excluding carboxylic acids is 1. The van der Waals surface area contributed by atoms with E-state index in [1.54, 1.807) is 5.38 Å². The maximum atomic E-state index is 12.4. The first-order valence-corrected chi connectivity index (χ1v) is 9.00. The van der Waals surface area contributed by atoms with Gasteiger partial charge in [-0.2, -0.15) is 0 Å². The number of rotatable bonds is 4. The highest BCUT2D eigenvalue weighted by Crippen LogP contribution is 2.27. The minimum Gasteiger partial charge on any atom is -0.294 e. The van der Waals surface area contributed by atoms with E-state index in [0.29, 0.717) is 11.1 Å². The number of ketones is 1. The van der Waals surface area contributed by atoms with Crippen LogP contribution in [0.3, 0.4) is 0 Å². The lowest BCUT2D eigenvalue weighted by Gasteiger charge is -2.15. The maximum Gasteiger partial charge on any atom is 0.209 e. The summed E-state index contributed by atoms with van der Waals surface area (Å²) in [5.74, 6) is -0.170. The van der Waals surface area contributed by atoms with Gasteiger partial charge < -0.3 is 0 Å². The van der Waals surface area contributed by atoms with Crippen molar-refractivity contribution >= 4 is 27.0 Å². The summed E-state index contributed by atoms with van der Waals surface area (Å²) in [7, 11) is -3.47. The lowest BCUT2D eigenvalue weighted by atomic mass is 9.92. The minimum absolute atomic E-state index is 0.0436. The number of hydrogen-bond acceptors (Lipinski definition) is 5. The highest BCUT2D eigenvalue weighted by atomic mass is 32.2. The van der Waals surface area contributed by atoms with E-state index in [2.05, 4.69) is 4.98 Å². The van der Waals surface area contributed by atoms with Gasteiger partial charge in [0.25, 0.3) is 0 Å². The molecule has 1 aromatic carbocycles. The molecule has 112 valence electrons. The molecule has 0 N–H and O–H groups in total. The molecule has 0 radical (unpaired) electrons. The van der Waals surface area contributed by atoms with Crippen molar-refractivity contribution in [3.05, 3.63) is 45.5 Å². The molecule has 0 atom stereocenters. The summed E-state index contributed by atoms with van der Waals surface area (Å²) in [5.41, 5.74) is 3.83. The van der Waals surface area contributed by atoms with Crippen molar-refractivity contribution in [2.75, 3.05) is 0 Å². The van der Waals surface area contributed by atoms with Crippen molar-refractivity contribution in [2.45, 2.75) is 37.8 Å². The molecule has 0 saturated carbocycles. The van der Waals surface area contributed by atoms with Crippen LogP contribution in [0, 0.1) is 20.8 Å². The summed E-state index contributed by atoms with van der Waals surface area (Å²) in [6.45, 7) is 7.06. The van der Waals surface area contributed by atoms with Crippen LogP contribution in [0.5, 0.6) is 0 Å². The lowest BCUT2D eigenvalue weighted by Crippen LogP contribution is -2.11. The van der Waals surface area contributed by atoms with Crippen molar-refractivity contribution in [2.24, 2.45) is 0 Å². The summed E-state index contributed by atoms with van der Waals surface area (Å²) in [6, 6.07) is 1.87. The van der Waals surface area contributed by atoms with Crippen LogP contribution >= 0.6 is 11.3 Å². The molecule has 1 heterocycles. The second-order valence-electron chi connectivity index (χ2n) is 5.10. The van der Waals surface area contributed by atoms with Gasteiger partial charge in [0.2, 0.25) is 14.2 Å². The van der Waals surface area contributed by atoms with Gasteiger partial charge in [-0.3, -0.25) is 4.79 Å². The van der Waals surface area contributed by atoms with Gasteiger partial charge in [0, 0.05) is 17.1 Å². The van der Waals surface area contributed by atoms with Gasteiger partial charge in [-0.15, -0.1) is 11.3 Å². The molecule has 0 fully saturated rings. The number of benzene rings is 1. The standard InChI is InChI=1S/C15H17NO3S2/c1-9-7-10(2)14(12(4)17)11(3)13(9)8-21(18,19)15-16-5-6-20-15/h5-7H,8H2,1-4H3. The first kappa shape index (κ1) is 15.9. The largest absolute Gasteiger partial charge is 0.294 e. The molecule has 2 rings (SSSR count). The normalized spacial score (nSPS) is 11.6. The summed E-state index contributed by atoms with van der Waals surface area (Å²) in [6.07, 6.45) is 1.48. The van der Waals surface area contributed by atoms with Crippen LogP contribution in [0.25, 0.3) is 0 Å². The molecule has 0 aliphatic rings. The topological polar surface area (TPSA) is 64.1 Å². The highest BCUT2D eigenvalue weighted by molar-refractivity contribution is 7.92. The maximum absolute atomic E-state index is 12.4. The summed E-state index contributed by atoms with van der Waals surface area (Å²) in [4.78, 5) is 15.7. The summed E-state index contributed by atoms with van der Waals surface area (Å²) in [5, 5.41) is 1.64. The van der Waals surface area contributed by atoms with E-state index < -0.39 is 9.84 Å². The molecular formula is C15H17NO3S2. The van der Waals surface area contributed by atoms with Crippen molar-refractivity contribution in [1.29, 1.82) is 0 Å². The highest BCUT2D eigenvalue weighted by Gasteiger charge is 2.22. The number of aromatic nitrogens is 1. The fourth-order valence-corrected chi connectivity index (χ4v) is 5.06. The molecule has 6 heteroatoms. The molecule has 0 unspecified atom stereocenters. The van der Waals surface area contributed by atoms with Crippen LogP contribution in [0.4, 0.5) is 0 Å². The number of aryl methyl sites for hydroxylation is 2. The zero-order chi connectivity index (χ0) is 15.8. The number of hydrogen-bond donors (Lipinski definition) is 0. The van der Waals surface area contributed by atoms with Gasteiger partial charge in [-0.05, 0) is 49.9 Å². The van der Waals surface area contributed by atoms with Crippen LogP contribution in [-0.4, -0.2) is 19.2 Å². The van der Waals surface area contributed by atoms with Gasteiger partial charge >= 0.3 is 0 Å². The van der Waals surface area contributed by atoms with E-state index in [9.17, 15) is 13.2 Å². The van der Waals surface area contributed by atoms with Crippen LogP contribution in [-0.2, 0) is 15.6 Å². The molecule has 0 amide bonds. The molecule has 2 aromatic rings. The Labute approximate surface area is 128 Å². The van der Waals surface area contributed by atoms with Crippen LogP contribution in [0.2, 0.25) is 0 Å². The van der Waals surface area contributed by atoms with E-state index in [0.717, 1.165) is 28.0 Å². The van der Waals surface area contributed by atoms with Gasteiger partial charge in [0.1, 0.15) is 0 Å². The zero-order valence-electron chi connectivity index (χ0n) is 12.4. The van der Waals surface area contributed by atoms with Crippen LogP contribution in [0.1, 0.15) is 39.5 Å². The molecule has 0 spiro atoms. The number of carbonyl (C=O) groups is 1. The first-order valence-electron chi connectivity index (χ1n) is 6.47. The Kier molecular flexibility index (Phi) is 4.30. The quantitative estimate of drug-likeness (QED) is 0.810. The third kappa shape index (κ3) is 3.06. The minimum atomic E-state index is -3.47. The Morgan fingerprint density at radius 3 is 2.43 bits per heavy atom. The van der Waals surface area contributed by atoms with Crippen molar-refractivity contribution in [3.8, 4) is 0 Å². The predicted octanol–water partition coefficient (Wildman–Crippen LogP) is 3.24. The number of sulfone groups is 1. The van der Waals surface area contributed by atoms with Crippen molar-refractivity contribution in [1.82, 2.24) is 4.98 Å². The van der Waals surface area contributed by atoms with Gasteiger partial charge in [0.15, 0.2) is 5.78 Å². The van der Waals surface area contributed by atoms with Crippen LogP contribution < -0.4 is 0 Å². The number of thiazole rings is 1. The van der Waals surface area contributed by atoms with E-state index in [1.165, 1.54) is 13.1 Å². The smallest absolute Gasteiger partial charge is 0.209 e. The number of Topliss-reactive ketones (excluding diaryl/α,β-unsaturated/α-hetero) is 1. The third-order valence-corrected chi connectivity index (χ3v) is 6.41. The van der Waals surface area contributed by atoms with Crippen LogP contribution in [0.15, 0.2) is 22.0 Å². The molecule has 0 bridgehead atoms. The van der Waals surface area contributed by atoms with Crippen molar-refractivity contribution < 1.29 is 13.2 Å². The van der Waals surface area contributed by atoms with E-state index in [4.69, 9.17) is 0 Å². The third-order valence-electron chi connectivity index (χ3n) is 3.49. The van der Waals surface area contributed by atoms with Gasteiger partial charge in [-0.25, -0.2) is 13.4 Å². The Hall–Kier alpha value is -1.53. The Balaban J connectivity index is 2.56. The molecule has 21 heavy (non-hydrogen) atoms. The SMILES string of the molecule is CC(=O)c1c(C)cc(C)c(CS(=O)(=O)c2nccs2)c1C. The van der Waals surface area contributed by atoms with Gasteiger partial charge in [-0.1, -0.05) is 6.07 Å². The summed E-state index contributed by atoms with van der Waals surface area (Å²) >= 11 is 1.11. The average molecular weight is 323 g/mol. The zero-order valence-corrected chi connectivity index (χ0v) is 14.1. The Morgan fingerprint density at radius 2 is 1.90 bits per heavy atom. The summed E-state index contributed by atoms with van der Waals surface area (Å²) < 4.78 is 24.9. The molecule has 0 aliphatic heterocycles.